The van der Waals surface area contributed by atoms with Gasteiger partial charge in [0.15, 0.2) is 5.82 Å². The summed E-state index contributed by atoms with van der Waals surface area (Å²) in [7, 11) is 0. The fraction of sp³-hybridized carbons (Fsp3) is 0.500. The topological polar surface area (TPSA) is 64.9 Å². The molecule has 4 rings (SSSR count). The Kier molecular flexibility index (Phi) is 2.67. The molecule has 20 heavy (non-hydrogen) atoms. The fourth-order valence-corrected chi connectivity index (χ4v) is 3.37. The number of benzene rings is 1. The Balaban J connectivity index is 1.69. The van der Waals surface area contributed by atoms with E-state index in [0.717, 1.165) is 38.0 Å². The maximum absolute atomic E-state index is 6.28. The van der Waals surface area contributed by atoms with Crippen molar-refractivity contribution in [2.24, 2.45) is 5.73 Å². The van der Waals surface area contributed by atoms with Crippen LogP contribution in [0.25, 0.3) is 0 Å². The second-order valence-corrected chi connectivity index (χ2v) is 6.11. The van der Waals surface area contributed by atoms with Crippen LogP contribution in [-0.4, -0.2) is 10.1 Å². The van der Waals surface area contributed by atoms with E-state index in [-0.39, 0.29) is 11.5 Å². The highest BCUT2D eigenvalue weighted by molar-refractivity contribution is 5.35. The highest BCUT2D eigenvalue weighted by Gasteiger charge is 2.39. The van der Waals surface area contributed by atoms with Gasteiger partial charge >= 0.3 is 0 Å². The van der Waals surface area contributed by atoms with Gasteiger partial charge in [-0.1, -0.05) is 29.4 Å². The van der Waals surface area contributed by atoms with Gasteiger partial charge in [0, 0.05) is 0 Å². The summed E-state index contributed by atoms with van der Waals surface area (Å²) in [5.41, 5.74) is 8.69. The van der Waals surface area contributed by atoms with Crippen LogP contribution in [0.2, 0.25) is 0 Å². The van der Waals surface area contributed by atoms with E-state index in [0.29, 0.717) is 5.82 Å². The van der Waals surface area contributed by atoms with Crippen LogP contribution < -0.4 is 5.73 Å². The van der Waals surface area contributed by atoms with Crippen LogP contribution in [0.1, 0.15) is 60.9 Å². The Hall–Kier alpha value is -1.68. The van der Waals surface area contributed by atoms with Crippen molar-refractivity contribution in [3.05, 3.63) is 47.1 Å². The van der Waals surface area contributed by atoms with E-state index in [2.05, 4.69) is 34.4 Å². The first-order valence-corrected chi connectivity index (χ1v) is 7.47. The molecule has 2 N–H and O–H groups in total. The van der Waals surface area contributed by atoms with E-state index in [4.69, 9.17) is 10.3 Å². The third-order valence-electron chi connectivity index (χ3n) is 4.80. The zero-order valence-electron chi connectivity index (χ0n) is 11.5. The summed E-state index contributed by atoms with van der Waals surface area (Å²) >= 11 is 0. The molecule has 4 heteroatoms. The van der Waals surface area contributed by atoms with E-state index < -0.39 is 0 Å². The third-order valence-corrected chi connectivity index (χ3v) is 4.80. The van der Waals surface area contributed by atoms with Gasteiger partial charge in [-0.05, 0) is 49.7 Å². The lowest BCUT2D eigenvalue weighted by molar-refractivity contribution is 0.228. The number of rotatable bonds is 2. The molecule has 2 aliphatic rings. The van der Waals surface area contributed by atoms with E-state index in [1.165, 1.54) is 17.5 Å². The second-order valence-electron chi connectivity index (χ2n) is 6.11. The molecule has 4 nitrogen and oxygen atoms in total. The van der Waals surface area contributed by atoms with Crippen molar-refractivity contribution in [1.82, 2.24) is 10.1 Å². The number of nitrogens with zero attached hydrogens (tertiary/aromatic N) is 2. The predicted molar refractivity (Wildman–Crippen MR) is 75.2 cm³/mol. The minimum Gasteiger partial charge on any atom is -0.339 e. The molecule has 0 radical (unpaired) electrons. The lowest BCUT2D eigenvalue weighted by Crippen LogP contribution is -2.44. The molecule has 0 bridgehead atoms. The van der Waals surface area contributed by atoms with Gasteiger partial charge in [-0.25, -0.2) is 0 Å². The molecule has 0 saturated heterocycles. The minimum atomic E-state index is -0.337. The quantitative estimate of drug-likeness (QED) is 0.910. The summed E-state index contributed by atoms with van der Waals surface area (Å²) in [6.45, 7) is 0. The number of hydrogen-bond acceptors (Lipinski definition) is 4. The van der Waals surface area contributed by atoms with Crippen molar-refractivity contribution in [3.8, 4) is 0 Å². The lowest BCUT2D eigenvalue weighted by atomic mass is 9.77. The average molecular weight is 269 g/mol. The molecule has 1 unspecified atom stereocenters. The van der Waals surface area contributed by atoms with Crippen molar-refractivity contribution < 1.29 is 4.52 Å². The van der Waals surface area contributed by atoms with E-state index in [1.54, 1.807) is 0 Å². The van der Waals surface area contributed by atoms with Crippen LogP contribution in [0.4, 0.5) is 0 Å². The van der Waals surface area contributed by atoms with Crippen molar-refractivity contribution in [2.45, 2.75) is 50.0 Å². The Morgan fingerprint density at radius 1 is 1.20 bits per heavy atom. The van der Waals surface area contributed by atoms with E-state index in [9.17, 15) is 0 Å². The normalized spacial score (nSPS) is 23.9. The summed E-state index contributed by atoms with van der Waals surface area (Å²) in [6, 6.07) is 8.58. The molecule has 1 heterocycles. The predicted octanol–water partition coefficient (Wildman–Crippen LogP) is 2.88. The van der Waals surface area contributed by atoms with Gasteiger partial charge in [0.1, 0.15) is 0 Å². The fourth-order valence-electron chi connectivity index (χ4n) is 3.37. The van der Waals surface area contributed by atoms with Gasteiger partial charge in [-0.2, -0.15) is 4.98 Å². The molecular formula is C16H19N3O. The monoisotopic (exact) mass is 269 g/mol. The van der Waals surface area contributed by atoms with Crippen LogP contribution in [0.3, 0.4) is 0 Å². The average Bonchev–Trinajstić information content (AvgIpc) is 2.94. The standard InChI is InChI=1S/C16H19N3O/c17-16(9-4-10-16)15-18-14(20-19-15)13-8-3-6-11-5-1-2-7-12(11)13/h1-2,5,7,13H,3-4,6,8-10,17H2. The van der Waals surface area contributed by atoms with Gasteiger partial charge < -0.3 is 10.3 Å². The van der Waals surface area contributed by atoms with Crippen LogP contribution in [-0.2, 0) is 12.0 Å². The van der Waals surface area contributed by atoms with Crippen molar-refractivity contribution in [3.63, 3.8) is 0 Å². The van der Waals surface area contributed by atoms with Gasteiger partial charge in [0.05, 0.1) is 11.5 Å². The van der Waals surface area contributed by atoms with E-state index in [1.807, 2.05) is 0 Å². The van der Waals surface area contributed by atoms with Gasteiger partial charge in [0.25, 0.3) is 0 Å². The zero-order valence-corrected chi connectivity index (χ0v) is 11.5. The van der Waals surface area contributed by atoms with Crippen molar-refractivity contribution in [1.29, 1.82) is 0 Å². The Bertz CT molecular complexity index is 630. The molecule has 1 aromatic heterocycles. The first-order chi connectivity index (χ1) is 9.76. The largest absolute Gasteiger partial charge is 0.339 e. The third kappa shape index (κ3) is 1.79. The smallest absolute Gasteiger partial charge is 0.234 e. The number of fused-ring (bicyclic) bond motifs is 1. The first-order valence-electron chi connectivity index (χ1n) is 7.47. The maximum Gasteiger partial charge on any atom is 0.234 e. The molecule has 1 atom stereocenters. The van der Waals surface area contributed by atoms with E-state index >= 15 is 0 Å². The number of hydrogen-bond donors (Lipinski definition) is 1. The Labute approximate surface area is 118 Å². The molecule has 2 aromatic rings. The first kappa shape index (κ1) is 12.1. The highest BCUT2D eigenvalue weighted by Crippen LogP contribution is 2.40. The summed E-state index contributed by atoms with van der Waals surface area (Å²) in [6.07, 6.45) is 6.49. The minimum absolute atomic E-state index is 0.241. The lowest BCUT2D eigenvalue weighted by Gasteiger charge is -2.34. The van der Waals surface area contributed by atoms with Crippen molar-refractivity contribution >= 4 is 0 Å². The molecule has 0 spiro atoms. The van der Waals surface area contributed by atoms with Crippen LogP contribution in [0.5, 0.6) is 0 Å². The Morgan fingerprint density at radius 2 is 2.05 bits per heavy atom. The summed E-state index contributed by atoms with van der Waals surface area (Å²) in [5, 5.41) is 4.15. The second kappa shape index (κ2) is 4.42. The molecule has 1 fully saturated rings. The van der Waals surface area contributed by atoms with Crippen LogP contribution >= 0.6 is 0 Å². The molecule has 0 aliphatic heterocycles. The number of aromatic nitrogens is 2. The Morgan fingerprint density at radius 3 is 2.85 bits per heavy atom. The molecule has 104 valence electrons. The SMILES string of the molecule is NC1(c2noc(C3CCCc4ccccc43)n2)CCC1. The van der Waals surface area contributed by atoms with Gasteiger partial charge in [0.2, 0.25) is 5.89 Å². The zero-order chi connectivity index (χ0) is 13.6. The molecule has 2 aliphatic carbocycles. The van der Waals surface area contributed by atoms with Crippen LogP contribution in [0, 0.1) is 0 Å². The van der Waals surface area contributed by atoms with Crippen LogP contribution in [0.15, 0.2) is 28.8 Å². The summed E-state index contributed by atoms with van der Waals surface area (Å²) in [5.74, 6) is 1.68. The highest BCUT2D eigenvalue weighted by atomic mass is 16.5. The summed E-state index contributed by atoms with van der Waals surface area (Å²) in [4.78, 5) is 4.62. The molecule has 1 saturated carbocycles. The molecule has 1 aromatic carbocycles. The number of nitrogens with two attached hydrogens (primary N) is 1. The van der Waals surface area contributed by atoms with Gasteiger partial charge in [-0.15, -0.1) is 0 Å². The molecule has 0 amide bonds. The molecular weight excluding hydrogens is 250 g/mol. The van der Waals surface area contributed by atoms with Gasteiger partial charge in [-0.3, -0.25) is 0 Å². The summed E-state index contributed by atoms with van der Waals surface area (Å²) < 4.78 is 5.54. The number of aryl methyl sites for hydroxylation is 1. The maximum atomic E-state index is 6.28. The van der Waals surface area contributed by atoms with Crippen molar-refractivity contribution in [2.75, 3.05) is 0 Å².